The molecule has 0 spiro atoms. The van der Waals surface area contributed by atoms with Gasteiger partial charge in [-0.05, 0) is 42.5 Å². The summed E-state index contributed by atoms with van der Waals surface area (Å²) in [6, 6.07) is 19.5. The van der Waals surface area contributed by atoms with Crippen molar-refractivity contribution < 1.29 is 9.47 Å². The van der Waals surface area contributed by atoms with Crippen molar-refractivity contribution in [3.05, 3.63) is 78.9 Å². The number of fused-ring (bicyclic) bond motifs is 1. The second-order valence-corrected chi connectivity index (χ2v) is 6.65. The Morgan fingerprint density at radius 1 is 1.00 bits per heavy atom. The van der Waals surface area contributed by atoms with Crippen molar-refractivity contribution in [3.63, 3.8) is 0 Å². The van der Waals surface area contributed by atoms with Crippen molar-refractivity contribution in [2.75, 3.05) is 14.1 Å². The Morgan fingerprint density at radius 3 is 2.45 bits per heavy atom. The molecule has 2 aromatic carbocycles. The summed E-state index contributed by atoms with van der Waals surface area (Å²) in [4.78, 5) is 10.5. The van der Waals surface area contributed by atoms with E-state index in [2.05, 4.69) is 9.97 Å². The second-order valence-electron chi connectivity index (χ2n) is 6.65. The minimum atomic E-state index is 0.0677. The zero-order valence-electron chi connectivity index (χ0n) is 16.2. The fraction of sp³-hybridized carbons (Fsp3) is 0.136. The van der Waals surface area contributed by atoms with Crippen LogP contribution in [-0.4, -0.2) is 39.6 Å². The van der Waals surface area contributed by atoms with Gasteiger partial charge >= 0.3 is 0 Å². The molecule has 0 aliphatic rings. The average molecular weight is 387 g/mol. The highest BCUT2D eigenvalue weighted by Gasteiger charge is 2.09. The van der Waals surface area contributed by atoms with Gasteiger partial charge in [0.25, 0.3) is 6.02 Å². The fourth-order valence-corrected chi connectivity index (χ4v) is 2.79. The molecule has 0 radical (unpaired) electrons. The van der Waals surface area contributed by atoms with Crippen LogP contribution in [0.4, 0.5) is 0 Å². The highest BCUT2D eigenvalue weighted by molar-refractivity contribution is 5.77. The molecular weight excluding hydrogens is 366 g/mol. The first-order valence-corrected chi connectivity index (χ1v) is 9.15. The van der Waals surface area contributed by atoms with Crippen LogP contribution in [0.25, 0.3) is 16.7 Å². The third-order valence-corrected chi connectivity index (χ3v) is 4.32. The molecule has 0 saturated heterocycles. The first-order chi connectivity index (χ1) is 14.1. The first kappa shape index (κ1) is 18.5. The lowest BCUT2D eigenvalue weighted by molar-refractivity contribution is 0.235. The molecule has 7 nitrogen and oxygen atoms in total. The lowest BCUT2D eigenvalue weighted by Gasteiger charge is -2.13. The van der Waals surface area contributed by atoms with Crippen molar-refractivity contribution in [2.24, 2.45) is 0 Å². The Morgan fingerprint density at radius 2 is 1.72 bits per heavy atom. The van der Waals surface area contributed by atoms with Crippen LogP contribution in [0.5, 0.6) is 11.5 Å². The largest absolute Gasteiger partial charge is 0.457 e. The normalized spacial score (nSPS) is 10.7. The number of amidine groups is 1. The number of nitrogens with one attached hydrogen (secondary N) is 1. The van der Waals surface area contributed by atoms with Gasteiger partial charge in [-0.2, -0.15) is 0 Å². The molecule has 0 amide bonds. The van der Waals surface area contributed by atoms with Gasteiger partial charge in [-0.3, -0.25) is 5.41 Å². The molecule has 29 heavy (non-hydrogen) atoms. The summed E-state index contributed by atoms with van der Waals surface area (Å²) in [5, 5.41) is 8.67. The molecule has 1 N–H and O–H groups in total. The summed E-state index contributed by atoms with van der Waals surface area (Å²) in [6.45, 7) is 0.141. The number of rotatable bonds is 5. The van der Waals surface area contributed by atoms with Crippen LogP contribution in [0.3, 0.4) is 0 Å². The Balaban J connectivity index is 1.55. The van der Waals surface area contributed by atoms with Crippen molar-refractivity contribution >= 4 is 17.1 Å². The third-order valence-electron chi connectivity index (χ3n) is 4.32. The standard InChI is InChI=1S/C22H21N5O2/c1-26(2)22(23)28-15-20-24-14-16-12-13-27(21(16)25-20)17-8-10-19(11-9-17)29-18-6-4-3-5-7-18/h3-14,23H,15H2,1-2H3. The molecule has 146 valence electrons. The fourth-order valence-electron chi connectivity index (χ4n) is 2.79. The van der Waals surface area contributed by atoms with Gasteiger partial charge in [0, 0.05) is 37.6 Å². The lowest BCUT2D eigenvalue weighted by atomic mass is 10.3. The summed E-state index contributed by atoms with van der Waals surface area (Å²) in [7, 11) is 3.51. The van der Waals surface area contributed by atoms with E-state index in [1.807, 2.05) is 71.4 Å². The molecule has 0 unspecified atom stereocenters. The maximum atomic E-state index is 7.73. The smallest absolute Gasteiger partial charge is 0.284 e. The van der Waals surface area contributed by atoms with Crippen LogP contribution in [0, 0.1) is 5.41 Å². The Labute approximate surface area is 168 Å². The van der Waals surface area contributed by atoms with Gasteiger partial charge < -0.3 is 18.9 Å². The molecule has 0 aliphatic heterocycles. The van der Waals surface area contributed by atoms with Crippen LogP contribution in [0.2, 0.25) is 0 Å². The van der Waals surface area contributed by atoms with Crippen LogP contribution in [0.15, 0.2) is 73.1 Å². The second kappa shape index (κ2) is 8.02. The van der Waals surface area contributed by atoms with E-state index >= 15 is 0 Å². The lowest BCUT2D eigenvalue weighted by Crippen LogP contribution is -2.23. The molecule has 0 saturated carbocycles. The SMILES string of the molecule is CN(C)C(=N)OCc1ncc2ccn(-c3ccc(Oc4ccccc4)cc3)c2n1. The molecule has 0 bridgehead atoms. The highest BCUT2D eigenvalue weighted by Crippen LogP contribution is 2.24. The summed E-state index contributed by atoms with van der Waals surface area (Å²) < 4.78 is 13.2. The molecular formula is C22H21N5O2. The van der Waals surface area contributed by atoms with Crippen molar-refractivity contribution in [2.45, 2.75) is 6.61 Å². The first-order valence-electron chi connectivity index (χ1n) is 9.15. The minimum absolute atomic E-state index is 0.0677. The Kier molecular flexibility index (Phi) is 5.11. The minimum Gasteiger partial charge on any atom is -0.457 e. The van der Waals surface area contributed by atoms with Crippen molar-refractivity contribution in [1.29, 1.82) is 5.41 Å². The van der Waals surface area contributed by atoms with Crippen molar-refractivity contribution in [1.82, 2.24) is 19.4 Å². The third kappa shape index (κ3) is 4.19. The van der Waals surface area contributed by atoms with E-state index in [9.17, 15) is 0 Å². The van der Waals surface area contributed by atoms with E-state index in [1.165, 1.54) is 0 Å². The Bertz CT molecular complexity index is 1120. The molecule has 2 aromatic heterocycles. The van der Waals surface area contributed by atoms with E-state index < -0.39 is 0 Å². The van der Waals surface area contributed by atoms with Crippen LogP contribution < -0.4 is 4.74 Å². The monoisotopic (exact) mass is 387 g/mol. The predicted molar refractivity (Wildman–Crippen MR) is 112 cm³/mol. The Hall–Kier alpha value is -3.87. The molecule has 0 aliphatic carbocycles. The van der Waals surface area contributed by atoms with Crippen LogP contribution in [-0.2, 0) is 11.3 Å². The zero-order valence-corrected chi connectivity index (χ0v) is 16.2. The molecule has 7 heteroatoms. The number of hydrogen-bond acceptors (Lipinski definition) is 5. The maximum Gasteiger partial charge on any atom is 0.284 e. The van der Waals surface area contributed by atoms with Gasteiger partial charge in [-0.15, -0.1) is 0 Å². The summed E-state index contributed by atoms with van der Waals surface area (Å²) in [6.07, 6.45) is 3.72. The molecule has 2 heterocycles. The molecule has 4 aromatic rings. The van der Waals surface area contributed by atoms with Crippen LogP contribution in [0.1, 0.15) is 5.82 Å². The molecule has 0 atom stereocenters. The van der Waals surface area contributed by atoms with E-state index in [0.717, 1.165) is 28.2 Å². The quantitative estimate of drug-likeness (QED) is 0.410. The van der Waals surface area contributed by atoms with Gasteiger partial charge in [0.05, 0.1) is 0 Å². The van der Waals surface area contributed by atoms with E-state index in [4.69, 9.17) is 14.9 Å². The van der Waals surface area contributed by atoms with Gasteiger partial charge in [0.15, 0.2) is 12.4 Å². The number of aromatic nitrogens is 3. The van der Waals surface area contributed by atoms with E-state index in [0.29, 0.717) is 5.82 Å². The summed E-state index contributed by atoms with van der Waals surface area (Å²) in [5.41, 5.74) is 1.75. The number of hydrogen-bond donors (Lipinski definition) is 1. The number of ether oxygens (including phenoxy) is 2. The van der Waals surface area contributed by atoms with Crippen LogP contribution >= 0.6 is 0 Å². The van der Waals surface area contributed by atoms with E-state index in [1.54, 1.807) is 25.2 Å². The van der Waals surface area contributed by atoms with Crippen molar-refractivity contribution in [3.8, 4) is 17.2 Å². The van der Waals surface area contributed by atoms with Gasteiger partial charge in [0.2, 0.25) is 0 Å². The van der Waals surface area contributed by atoms with Gasteiger partial charge in [-0.1, -0.05) is 18.2 Å². The van der Waals surface area contributed by atoms with Gasteiger partial charge in [0.1, 0.15) is 17.1 Å². The number of nitrogens with zero attached hydrogens (tertiary/aromatic N) is 4. The average Bonchev–Trinajstić information content (AvgIpc) is 3.16. The number of para-hydroxylation sites is 1. The van der Waals surface area contributed by atoms with Gasteiger partial charge in [-0.25, -0.2) is 9.97 Å². The van der Waals surface area contributed by atoms with E-state index in [-0.39, 0.29) is 12.6 Å². The topological polar surface area (TPSA) is 76.3 Å². The zero-order chi connectivity index (χ0) is 20.2. The highest BCUT2D eigenvalue weighted by atomic mass is 16.5. The summed E-state index contributed by atoms with van der Waals surface area (Å²) in [5.74, 6) is 2.09. The predicted octanol–water partition coefficient (Wildman–Crippen LogP) is 4.23. The molecule has 4 rings (SSSR count). The maximum absolute atomic E-state index is 7.73. The number of benzene rings is 2. The molecule has 0 fully saturated rings. The summed E-state index contributed by atoms with van der Waals surface area (Å²) >= 11 is 0.